The number of carbonyl (C=O) groups is 2. The molecule has 5 heteroatoms. The van der Waals surface area contributed by atoms with E-state index in [1.165, 1.54) is 14.0 Å². The van der Waals surface area contributed by atoms with Gasteiger partial charge in [0.25, 0.3) is 0 Å². The van der Waals surface area contributed by atoms with E-state index >= 15 is 0 Å². The third kappa shape index (κ3) is 3.35. The van der Waals surface area contributed by atoms with Crippen LogP contribution in [0.1, 0.15) is 49.5 Å². The Morgan fingerprint density at radius 3 is 2.67 bits per heavy atom. The molecule has 1 amide bonds. The largest absolute Gasteiger partial charge is 0.487 e. The summed E-state index contributed by atoms with van der Waals surface area (Å²) in [6, 6.07) is 3.37. The number of esters is 1. The summed E-state index contributed by atoms with van der Waals surface area (Å²) in [4.78, 5) is 23.3. The van der Waals surface area contributed by atoms with E-state index in [2.05, 4.69) is 5.32 Å². The molecule has 0 saturated heterocycles. The Balaban J connectivity index is 2.57. The minimum atomic E-state index is -0.432. The van der Waals surface area contributed by atoms with E-state index in [0.717, 1.165) is 24.8 Å². The smallest absolute Gasteiger partial charge is 0.341 e. The van der Waals surface area contributed by atoms with Crippen molar-refractivity contribution in [3.63, 3.8) is 0 Å². The van der Waals surface area contributed by atoms with Gasteiger partial charge in [-0.25, -0.2) is 4.79 Å². The average molecular weight is 291 g/mol. The first kappa shape index (κ1) is 15.4. The zero-order valence-electron chi connectivity index (χ0n) is 12.9. The van der Waals surface area contributed by atoms with Crippen LogP contribution in [0.5, 0.6) is 5.75 Å². The van der Waals surface area contributed by atoms with E-state index in [9.17, 15) is 9.59 Å². The number of hydrogen-bond acceptors (Lipinski definition) is 4. The zero-order valence-corrected chi connectivity index (χ0v) is 12.9. The van der Waals surface area contributed by atoms with Crippen LogP contribution in [0.15, 0.2) is 12.1 Å². The van der Waals surface area contributed by atoms with Crippen molar-refractivity contribution in [2.24, 2.45) is 0 Å². The van der Waals surface area contributed by atoms with E-state index in [1.807, 2.05) is 13.8 Å². The van der Waals surface area contributed by atoms with Crippen LogP contribution in [0.2, 0.25) is 0 Å². The molecule has 0 atom stereocenters. The lowest BCUT2D eigenvalue weighted by molar-refractivity contribution is -0.114. The molecular formula is C16H21NO4. The van der Waals surface area contributed by atoms with Crippen LogP contribution in [0.4, 0.5) is 5.69 Å². The average Bonchev–Trinajstić information content (AvgIpc) is 2.55. The maximum Gasteiger partial charge on any atom is 0.341 e. The summed E-state index contributed by atoms with van der Waals surface area (Å²) in [5.74, 6) is -0.0551. The molecule has 0 radical (unpaired) electrons. The zero-order chi connectivity index (χ0) is 15.6. The molecule has 0 spiro atoms. The molecule has 2 rings (SSSR count). The molecule has 1 aromatic rings. The molecule has 1 aliphatic heterocycles. The summed E-state index contributed by atoms with van der Waals surface area (Å²) in [5, 5.41) is 2.80. The second-order valence-electron chi connectivity index (χ2n) is 5.86. The third-order valence-corrected chi connectivity index (χ3v) is 3.56. The number of amides is 1. The van der Waals surface area contributed by atoms with Crippen LogP contribution in [-0.2, 0) is 16.0 Å². The van der Waals surface area contributed by atoms with Gasteiger partial charge in [0.1, 0.15) is 16.9 Å². The molecule has 0 aromatic heterocycles. The number of carbonyl (C=O) groups excluding carboxylic acids is 2. The van der Waals surface area contributed by atoms with Gasteiger partial charge in [0.05, 0.1) is 7.11 Å². The molecule has 0 aliphatic carbocycles. The van der Waals surface area contributed by atoms with E-state index < -0.39 is 5.97 Å². The molecule has 114 valence electrons. The summed E-state index contributed by atoms with van der Waals surface area (Å²) in [7, 11) is 1.35. The highest BCUT2D eigenvalue weighted by molar-refractivity contribution is 5.96. The van der Waals surface area contributed by atoms with Gasteiger partial charge in [0, 0.05) is 18.2 Å². The molecule has 1 N–H and O–H groups in total. The number of benzene rings is 1. The molecule has 1 aliphatic rings. The van der Waals surface area contributed by atoms with Crippen LogP contribution >= 0.6 is 0 Å². The van der Waals surface area contributed by atoms with Gasteiger partial charge < -0.3 is 14.8 Å². The van der Waals surface area contributed by atoms with Gasteiger partial charge in [0.2, 0.25) is 5.91 Å². The van der Waals surface area contributed by atoms with Gasteiger partial charge in [-0.15, -0.1) is 0 Å². The molecular weight excluding hydrogens is 270 g/mol. The van der Waals surface area contributed by atoms with Gasteiger partial charge in [-0.1, -0.05) is 0 Å². The lowest BCUT2D eigenvalue weighted by Crippen LogP contribution is -2.28. The van der Waals surface area contributed by atoms with Gasteiger partial charge >= 0.3 is 5.97 Å². The minimum Gasteiger partial charge on any atom is -0.487 e. The molecule has 0 bridgehead atoms. The van der Waals surface area contributed by atoms with Crippen molar-refractivity contribution in [2.75, 3.05) is 12.4 Å². The number of rotatable bonds is 2. The van der Waals surface area contributed by atoms with Crippen molar-refractivity contribution < 1.29 is 19.1 Å². The Kier molecular flexibility index (Phi) is 4.21. The molecule has 21 heavy (non-hydrogen) atoms. The topological polar surface area (TPSA) is 64.6 Å². The number of fused-ring (bicyclic) bond motifs is 1. The first-order valence-corrected chi connectivity index (χ1v) is 7.05. The van der Waals surface area contributed by atoms with Crippen molar-refractivity contribution in [3.8, 4) is 5.75 Å². The predicted molar refractivity (Wildman–Crippen MR) is 79.7 cm³/mol. The Hall–Kier alpha value is -2.04. The highest BCUT2D eigenvalue weighted by Gasteiger charge is 2.30. The SMILES string of the molecule is COC(=O)c1ccc(NC(C)=O)c2c1OC(C)(C)CCC2. The Morgan fingerprint density at radius 1 is 1.33 bits per heavy atom. The quantitative estimate of drug-likeness (QED) is 0.851. The Bertz CT molecular complexity index is 578. The fourth-order valence-corrected chi connectivity index (χ4v) is 2.59. The Morgan fingerprint density at radius 2 is 2.05 bits per heavy atom. The van der Waals surface area contributed by atoms with Crippen molar-refractivity contribution in [3.05, 3.63) is 23.3 Å². The molecule has 5 nitrogen and oxygen atoms in total. The maximum atomic E-state index is 12.0. The number of ether oxygens (including phenoxy) is 2. The summed E-state index contributed by atoms with van der Waals surface area (Å²) in [6.07, 6.45) is 2.55. The summed E-state index contributed by atoms with van der Waals surface area (Å²) >= 11 is 0. The lowest BCUT2D eigenvalue weighted by Gasteiger charge is -2.26. The van der Waals surface area contributed by atoms with Crippen molar-refractivity contribution in [1.29, 1.82) is 0 Å². The number of hydrogen-bond donors (Lipinski definition) is 1. The standard InChI is InChI=1S/C16H21NO4/c1-10(18)17-13-8-7-12(15(19)20-4)14-11(13)6-5-9-16(2,3)21-14/h7-8H,5-6,9H2,1-4H3,(H,17,18). The second kappa shape index (κ2) is 5.76. The third-order valence-electron chi connectivity index (χ3n) is 3.56. The summed E-state index contributed by atoms with van der Waals surface area (Å²) < 4.78 is 10.9. The molecule has 0 fully saturated rings. The highest BCUT2D eigenvalue weighted by Crippen LogP contribution is 2.39. The van der Waals surface area contributed by atoms with Crippen molar-refractivity contribution in [1.82, 2.24) is 0 Å². The minimum absolute atomic E-state index is 0.147. The maximum absolute atomic E-state index is 12.0. The number of methoxy groups -OCH3 is 1. The normalized spacial score (nSPS) is 16.2. The van der Waals surface area contributed by atoms with Gasteiger partial charge in [-0.2, -0.15) is 0 Å². The van der Waals surface area contributed by atoms with Crippen LogP contribution in [0.3, 0.4) is 0 Å². The van der Waals surface area contributed by atoms with Gasteiger partial charge in [0.15, 0.2) is 0 Å². The number of nitrogens with one attached hydrogen (secondary N) is 1. The van der Waals surface area contributed by atoms with Crippen LogP contribution in [0.25, 0.3) is 0 Å². The fraction of sp³-hybridized carbons (Fsp3) is 0.500. The van der Waals surface area contributed by atoms with E-state index in [0.29, 0.717) is 17.0 Å². The lowest BCUT2D eigenvalue weighted by atomic mass is 9.99. The first-order valence-electron chi connectivity index (χ1n) is 7.05. The summed E-state index contributed by atoms with van der Waals surface area (Å²) in [5.41, 5.74) is 1.60. The van der Waals surface area contributed by atoms with Gasteiger partial charge in [-0.3, -0.25) is 4.79 Å². The van der Waals surface area contributed by atoms with Crippen LogP contribution in [0, 0.1) is 0 Å². The fourth-order valence-electron chi connectivity index (χ4n) is 2.59. The van der Waals surface area contributed by atoms with E-state index in [1.54, 1.807) is 12.1 Å². The number of anilines is 1. The molecule has 0 unspecified atom stereocenters. The molecule has 1 heterocycles. The van der Waals surface area contributed by atoms with Crippen LogP contribution in [-0.4, -0.2) is 24.6 Å². The summed E-state index contributed by atoms with van der Waals surface area (Å²) in [6.45, 7) is 5.45. The Labute approximate surface area is 124 Å². The highest BCUT2D eigenvalue weighted by atomic mass is 16.5. The second-order valence-corrected chi connectivity index (χ2v) is 5.86. The predicted octanol–water partition coefficient (Wildman–Crippen LogP) is 2.93. The van der Waals surface area contributed by atoms with E-state index in [-0.39, 0.29) is 11.5 Å². The van der Waals surface area contributed by atoms with Crippen molar-refractivity contribution >= 4 is 17.6 Å². The molecule has 0 saturated carbocycles. The van der Waals surface area contributed by atoms with Crippen LogP contribution < -0.4 is 10.1 Å². The monoisotopic (exact) mass is 291 g/mol. The first-order chi connectivity index (χ1) is 9.84. The van der Waals surface area contributed by atoms with E-state index in [4.69, 9.17) is 9.47 Å². The molecule has 1 aromatic carbocycles. The van der Waals surface area contributed by atoms with Gasteiger partial charge in [-0.05, 0) is 45.2 Å². The van der Waals surface area contributed by atoms with Crippen molar-refractivity contribution in [2.45, 2.75) is 45.6 Å².